The Labute approximate surface area is 115 Å². The van der Waals surface area contributed by atoms with Gasteiger partial charge in [-0.25, -0.2) is 0 Å². The van der Waals surface area contributed by atoms with Crippen LogP contribution < -0.4 is 0 Å². The van der Waals surface area contributed by atoms with Crippen molar-refractivity contribution in [2.45, 2.75) is 46.3 Å². The first-order valence-corrected chi connectivity index (χ1v) is 7.01. The standard InChI is InChI=1S/C17H23NO/c1-4-14(3)18-16(9-10-17(18)12-19)11-15-7-5-13(2)6-8-15/h5-10,14,19H,4,11-12H2,1-3H3/t14-/m1/s1. The first-order valence-electron chi connectivity index (χ1n) is 7.01. The molecule has 0 fully saturated rings. The van der Waals surface area contributed by atoms with Gasteiger partial charge < -0.3 is 9.67 Å². The first-order chi connectivity index (χ1) is 9.15. The smallest absolute Gasteiger partial charge is 0.0833 e. The lowest BCUT2D eigenvalue weighted by molar-refractivity contribution is 0.265. The molecule has 0 aliphatic carbocycles. The second-order valence-electron chi connectivity index (χ2n) is 5.26. The van der Waals surface area contributed by atoms with Crippen molar-refractivity contribution >= 4 is 0 Å². The molecule has 2 aromatic rings. The molecule has 0 unspecified atom stereocenters. The number of hydrogen-bond donors (Lipinski definition) is 1. The van der Waals surface area contributed by atoms with Crippen molar-refractivity contribution in [3.8, 4) is 0 Å². The van der Waals surface area contributed by atoms with E-state index < -0.39 is 0 Å². The monoisotopic (exact) mass is 257 g/mol. The zero-order valence-electron chi connectivity index (χ0n) is 12.1. The van der Waals surface area contributed by atoms with E-state index in [0.717, 1.165) is 18.5 Å². The quantitative estimate of drug-likeness (QED) is 0.864. The molecular weight excluding hydrogens is 234 g/mol. The number of aryl methyl sites for hydroxylation is 1. The molecule has 0 bridgehead atoms. The number of aliphatic hydroxyl groups excluding tert-OH is 1. The molecule has 0 amide bonds. The minimum Gasteiger partial charge on any atom is -0.390 e. The molecule has 1 aromatic heterocycles. The van der Waals surface area contributed by atoms with Crippen LogP contribution in [-0.2, 0) is 13.0 Å². The van der Waals surface area contributed by atoms with E-state index in [1.54, 1.807) is 0 Å². The second-order valence-corrected chi connectivity index (χ2v) is 5.26. The zero-order chi connectivity index (χ0) is 13.8. The van der Waals surface area contributed by atoms with Crippen molar-refractivity contribution in [3.63, 3.8) is 0 Å². The maximum absolute atomic E-state index is 9.46. The molecule has 2 heteroatoms. The molecule has 0 spiro atoms. The predicted molar refractivity (Wildman–Crippen MR) is 79.3 cm³/mol. The number of benzene rings is 1. The van der Waals surface area contributed by atoms with Crippen molar-refractivity contribution in [2.75, 3.05) is 0 Å². The van der Waals surface area contributed by atoms with Gasteiger partial charge in [0.1, 0.15) is 0 Å². The number of rotatable bonds is 5. The molecule has 0 radical (unpaired) electrons. The summed E-state index contributed by atoms with van der Waals surface area (Å²) in [4.78, 5) is 0. The van der Waals surface area contributed by atoms with Crippen LogP contribution in [0.3, 0.4) is 0 Å². The SMILES string of the molecule is CC[C@@H](C)n1c(CO)ccc1Cc1ccc(C)cc1. The molecular formula is C17H23NO. The first kappa shape index (κ1) is 13.9. The van der Waals surface area contributed by atoms with E-state index in [-0.39, 0.29) is 6.61 Å². The molecule has 102 valence electrons. The Morgan fingerprint density at radius 2 is 1.68 bits per heavy atom. The third-order valence-corrected chi connectivity index (χ3v) is 3.79. The van der Waals surface area contributed by atoms with Crippen LogP contribution in [0.15, 0.2) is 36.4 Å². The Bertz CT molecular complexity index is 525. The largest absolute Gasteiger partial charge is 0.390 e. The third-order valence-electron chi connectivity index (χ3n) is 3.79. The summed E-state index contributed by atoms with van der Waals surface area (Å²) >= 11 is 0. The van der Waals surface area contributed by atoms with E-state index in [9.17, 15) is 5.11 Å². The fraction of sp³-hybridized carbons (Fsp3) is 0.412. The maximum Gasteiger partial charge on any atom is 0.0833 e. The van der Waals surface area contributed by atoms with E-state index in [2.05, 4.69) is 55.7 Å². The molecule has 19 heavy (non-hydrogen) atoms. The molecule has 0 aliphatic rings. The lowest BCUT2D eigenvalue weighted by Crippen LogP contribution is -2.11. The lowest BCUT2D eigenvalue weighted by atomic mass is 10.1. The average Bonchev–Trinajstić information content (AvgIpc) is 2.83. The summed E-state index contributed by atoms with van der Waals surface area (Å²) in [6, 6.07) is 13.3. The van der Waals surface area contributed by atoms with E-state index >= 15 is 0 Å². The lowest BCUT2D eigenvalue weighted by Gasteiger charge is -2.19. The van der Waals surface area contributed by atoms with Gasteiger partial charge in [0.15, 0.2) is 0 Å². The molecule has 1 aromatic carbocycles. The minimum absolute atomic E-state index is 0.109. The number of aromatic nitrogens is 1. The summed E-state index contributed by atoms with van der Waals surface area (Å²) in [5.41, 5.74) is 4.90. The fourth-order valence-corrected chi connectivity index (χ4v) is 2.47. The van der Waals surface area contributed by atoms with Gasteiger partial charge in [-0.2, -0.15) is 0 Å². The number of aliphatic hydroxyl groups is 1. The van der Waals surface area contributed by atoms with Crippen LogP contribution in [0, 0.1) is 6.92 Å². The molecule has 0 aliphatic heterocycles. The third kappa shape index (κ3) is 3.07. The summed E-state index contributed by atoms with van der Waals surface area (Å²) in [7, 11) is 0. The molecule has 0 saturated heterocycles. The Morgan fingerprint density at radius 1 is 1.05 bits per heavy atom. The highest BCUT2D eigenvalue weighted by molar-refractivity contribution is 5.28. The zero-order valence-corrected chi connectivity index (χ0v) is 12.1. The highest BCUT2D eigenvalue weighted by atomic mass is 16.3. The highest BCUT2D eigenvalue weighted by Gasteiger charge is 2.12. The fourth-order valence-electron chi connectivity index (χ4n) is 2.47. The Kier molecular flexibility index (Phi) is 4.43. The van der Waals surface area contributed by atoms with Crippen molar-refractivity contribution in [2.24, 2.45) is 0 Å². The van der Waals surface area contributed by atoms with Crippen molar-refractivity contribution < 1.29 is 5.11 Å². The van der Waals surface area contributed by atoms with Gasteiger partial charge in [0, 0.05) is 23.9 Å². The Balaban J connectivity index is 2.29. The number of hydrogen-bond acceptors (Lipinski definition) is 1. The van der Waals surface area contributed by atoms with Crippen LogP contribution in [0.5, 0.6) is 0 Å². The van der Waals surface area contributed by atoms with Gasteiger partial charge in [-0.3, -0.25) is 0 Å². The Morgan fingerprint density at radius 3 is 2.26 bits per heavy atom. The van der Waals surface area contributed by atoms with Gasteiger partial charge in [0.25, 0.3) is 0 Å². The minimum atomic E-state index is 0.109. The van der Waals surface area contributed by atoms with Crippen molar-refractivity contribution in [1.29, 1.82) is 0 Å². The highest BCUT2D eigenvalue weighted by Crippen LogP contribution is 2.22. The van der Waals surface area contributed by atoms with Gasteiger partial charge in [-0.1, -0.05) is 36.8 Å². The van der Waals surface area contributed by atoms with Crippen LogP contribution in [0.1, 0.15) is 48.8 Å². The van der Waals surface area contributed by atoms with Gasteiger partial charge in [0.2, 0.25) is 0 Å². The molecule has 1 N–H and O–H groups in total. The molecule has 1 heterocycles. The molecule has 1 atom stereocenters. The van der Waals surface area contributed by atoms with E-state index in [4.69, 9.17) is 0 Å². The molecule has 2 rings (SSSR count). The summed E-state index contributed by atoms with van der Waals surface area (Å²) in [6.45, 7) is 6.60. The predicted octanol–water partition coefficient (Wildman–Crippen LogP) is 3.85. The van der Waals surface area contributed by atoms with E-state index in [1.807, 2.05) is 6.07 Å². The van der Waals surface area contributed by atoms with Crippen molar-refractivity contribution in [3.05, 3.63) is 58.9 Å². The van der Waals surface area contributed by atoms with Crippen LogP contribution in [0.25, 0.3) is 0 Å². The summed E-state index contributed by atoms with van der Waals surface area (Å²) in [5, 5.41) is 9.46. The van der Waals surface area contributed by atoms with E-state index in [0.29, 0.717) is 6.04 Å². The van der Waals surface area contributed by atoms with Crippen molar-refractivity contribution in [1.82, 2.24) is 4.57 Å². The summed E-state index contributed by atoms with van der Waals surface area (Å²) in [6.07, 6.45) is 1.99. The summed E-state index contributed by atoms with van der Waals surface area (Å²) < 4.78 is 2.28. The van der Waals surface area contributed by atoms with E-state index in [1.165, 1.54) is 16.8 Å². The maximum atomic E-state index is 9.46. The van der Waals surface area contributed by atoms with Gasteiger partial charge in [0.05, 0.1) is 6.61 Å². The summed E-state index contributed by atoms with van der Waals surface area (Å²) in [5.74, 6) is 0. The average molecular weight is 257 g/mol. The normalized spacial score (nSPS) is 12.6. The van der Waals surface area contributed by atoms with Gasteiger partial charge >= 0.3 is 0 Å². The topological polar surface area (TPSA) is 25.2 Å². The van der Waals surface area contributed by atoms with Crippen LogP contribution in [-0.4, -0.2) is 9.67 Å². The van der Waals surface area contributed by atoms with Gasteiger partial charge in [-0.05, 0) is 38.0 Å². The second kappa shape index (κ2) is 6.07. The van der Waals surface area contributed by atoms with Crippen LogP contribution >= 0.6 is 0 Å². The number of nitrogens with zero attached hydrogens (tertiary/aromatic N) is 1. The van der Waals surface area contributed by atoms with Gasteiger partial charge in [-0.15, -0.1) is 0 Å². The molecule has 0 saturated carbocycles. The molecule has 2 nitrogen and oxygen atoms in total. The van der Waals surface area contributed by atoms with Crippen LogP contribution in [0.4, 0.5) is 0 Å². The Hall–Kier alpha value is -1.54. The van der Waals surface area contributed by atoms with Crippen LogP contribution in [0.2, 0.25) is 0 Å².